The molecular weight excluding hydrogens is 430 g/mol. The Labute approximate surface area is 201 Å². The molecule has 0 saturated heterocycles. The van der Waals surface area contributed by atoms with E-state index in [1.807, 2.05) is 0 Å². The van der Waals surface area contributed by atoms with Gasteiger partial charge in [-0.1, -0.05) is 12.1 Å². The molecule has 0 aliphatic heterocycles. The summed E-state index contributed by atoms with van der Waals surface area (Å²) in [6, 6.07) is 10.9. The number of hydrogen-bond donors (Lipinski definition) is 0. The molecule has 2 heterocycles. The first kappa shape index (κ1) is 22.6. The highest BCUT2D eigenvalue weighted by Gasteiger charge is 2.32. The van der Waals surface area contributed by atoms with Gasteiger partial charge in [-0.2, -0.15) is 5.10 Å². The molecule has 0 bridgehead atoms. The second kappa shape index (κ2) is 9.59. The first-order chi connectivity index (χ1) is 16.1. The molecule has 6 heteroatoms. The number of aryl methyl sites for hydroxylation is 2. The Morgan fingerprint density at radius 1 is 1.06 bits per heavy atom. The van der Waals surface area contributed by atoms with E-state index in [4.69, 9.17) is 14.6 Å². The Morgan fingerprint density at radius 3 is 2.42 bits per heavy atom. The number of anilines is 1. The highest BCUT2D eigenvalue weighted by Crippen LogP contribution is 2.42. The predicted octanol–water partition coefficient (Wildman–Crippen LogP) is 5.99. The van der Waals surface area contributed by atoms with Crippen molar-refractivity contribution in [2.45, 2.75) is 44.6 Å². The van der Waals surface area contributed by atoms with Gasteiger partial charge in [0.1, 0.15) is 17.4 Å². The number of nitrogens with zero attached hydrogens (tertiary/aromatic N) is 3. The summed E-state index contributed by atoms with van der Waals surface area (Å²) in [5.41, 5.74) is 7.10. The molecule has 0 amide bonds. The van der Waals surface area contributed by atoms with Crippen LogP contribution in [0.5, 0.6) is 5.75 Å². The lowest BCUT2D eigenvalue weighted by molar-refractivity contribution is 0.146. The van der Waals surface area contributed by atoms with Crippen molar-refractivity contribution in [3.63, 3.8) is 0 Å². The Hall–Kier alpha value is -2.18. The van der Waals surface area contributed by atoms with Gasteiger partial charge in [0.15, 0.2) is 0 Å². The zero-order chi connectivity index (χ0) is 22.9. The first-order valence-electron chi connectivity index (χ1n) is 12.1. The third-order valence-electron chi connectivity index (χ3n) is 6.71. The van der Waals surface area contributed by atoms with E-state index in [1.54, 1.807) is 18.9 Å². The molecule has 0 radical (unpaired) electrons. The van der Waals surface area contributed by atoms with E-state index in [1.165, 1.54) is 48.0 Å². The van der Waals surface area contributed by atoms with Crippen molar-refractivity contribution in [1.82, 2.24) is 9.61 Å². The molecule has 0 atom stereocenters. The molecule has 5 nitrogen and oxygen atoms in total. The van der Waals surface area contributed by atoms with Gasteiger partial charge < -0.3 is 14.4 Å². The number of fused-ring (bicyclic) bond motifs is 1. The van der Waals surface area contributed by atoms with Gasteiger partial charge in [0.2, 0.25) is 0 Å². The van der Waals surface area contributed by atoms with Crippen LogP contribution in [0.1, 0.15) is 36.8 Å². The second-order valence-corrected chi connectivity index (χ2v) is 10.4. The van der Waals surface area contributed by atoms with Crippen LogP contribution in [0.15, 0.2) is 35.4 Å². The second-order valence-electron chi connectivity index (χ2n) is 9.65. The van der Waals surface area contributed by atoms with Crippen molar-refractivity contribution in [2.24, 2.45) is 11.8 Å². The molecule has 2 fully saturated rings. The van der Waals surface area contributed by atoms with Crippen LogP contribution in [0.4, 0.5) is 5.69 Å². The number of rotatable bonds is 11. The maximum atomic E-state index is 6.19. The molecule has 2 aromatic heterocycles. The number of benzene rings is 1. The van der Waals surface area contributed by atoms with Crippen LogP contribution in [0.3, 0.4) is 0 Å². The number of ether oxygens (including phenoxy) is 2. The zero-order valence-corrected chi connectivity index (χ0v) is 21.1. The van der Waals surface area contributed by atoms with E-state index < -0.39 is 0 Å². The number of hydrogen-bond acceptors (Lipinski definition) is 5. The summed E-state index contributed by atoms with van der Waals surface area (Å²) in [6.07, 6.45) is 7.61. The van der Waals surface area contributed by atoms with Crippen molar-refractivity contribution in [1.29, 1.82) is 0 Å². The molecule has 33 heavy (non-hydrogen) atoms. The molecular formula is C27H35N3O2S. The number of aromatic nitrogens is 2. The first-order valence-corrected chi connectivity index (χ1v) is 13.4. The van der Waals surface area contributed by atoms with E-state index in [2.05, 4.69) is 59.9 Å². The maximum Gasteiger partial charge on any atom is 0.142 e. The highest BCUT2D eigenvalue weighted by molar-refractivity contribution is 7.98. The fourth-order valence-electron chi connectivity index (χ4n) is 4.75. The summed E-state index contributed by atoms with van der Waals surface area (Å²) in [7, 11) is 1.71. The van der Waals surface area contributed by atoms with Gasteiger partial charge in [0.25, 0.3) is 0 Å². The highest BCUT2D eigenvalue weighted by atomic mass is 32.2. The van der Waals surface area contributed by atoms with Gasteiger partial charge >= 0.3 is 0 Å². The largest absolute Gasteiger partial charge is 0.490 e. The van der Waals surface area contributed by atoms with Crippen molar-refractivity contribution in [3.8, 4) is 17.0 Å². The standard InChI is InChI=1S/C27H35N3O2S/c1-18-14-19(2)25(24(15-18)32-13-12-31-3)22-6-5-7-23-26(27(33-4)28-30(22)23)29(16-20-8-9-20)17-21-10-11-21/h5-7,14-15,20-21H,8-13,16-17H2,1-4H3. The van der Waals surface area contributed by atoms with E-state index in [-0.39, 0.29) is 0 Å². The summed E-state index contributed by atoms with van der Waals surface area (Å²) >= 11 is 1.75. The lowest BCUT2D eigenvalue weighted by atomic mass is 10.0. The van der Waals surface area contributed by atoms with E-state index >= 15 is 0 Å². The van der Waals surface area contributed by atoms with Crippen LogP contribution in [0.25, 0.3) is 16.8 Å². The average molecular weight is 466 g/mol. The van der Waals surface area contributed by atoms with Crippen molar-refractivity contribution in [2.75, 3.05) is 44.6 Å². The molecule has 2 aliphatic carbocycles. The molecule has 2 aliphatic rings. The minimum atomic E-state index is 0.527. The molecule has 0 N–H and O–H groups in total. The fourth-order valence-corrected chi connectivity index (χ4v) is 5.34. The summed E-state index contributed by atoms with van der Waals surface area (Å²) in [5.74, 6) is 2.58. The van der Waals surface area contributed by atoms with Gasteiger partial charge in [-0.05, 0) is 86.9 Å². The zero-order valence-electron chi connectivity index (χ0n) is 20.3. The van der Waals surface area contributed by atoms with Crippen LogP contribution < -0.4 is 9.64 Å². The van der Waals surface area contributed by atoms with Gasteiger partial charge in [0.05, 0.1) is 23.5 Å². The van der Waals surface area contributed by atoms with Gasteiger partial charge in [-0.25, -0.2) is 4.52 Å². The summed E-state index contributed by atoms with van der Waals surface area (Å²) < 4.78 is 13.6. The normalized spacial score (nSPS) is 15.9. The van der Waals surface area contributed by atoms with Crippen LogP contribution in [0.2, 0.25) is 0 Å². The monoisotopic (exact) mass is 465 g/mol. The van der Waals surface area contributed by atoms with Crippen LogP contribution in [0, 0.1) is 25.7 Å². The predicted molar refractivity (Wildman–Crippen MR) is 137 cm³/mol. The third-order valence-corrected chi connectivity index (χ3v) is 7.37. The van der Waals surface area contributed by atoms with Crippen molar-refractivity contribution in [3.05, 3.63) is 41.5 Å². The maximum absolute atomic E-state index is 6.19. The minimum Gasteiger partial charge on any atom is -0.490 e. The summed E-state index contributed by atoms with van der Waals surface area (Å²) in [5, 5.41) is 6.26. The van der Waals surface area contributed by atoms with Gasteiger partial charge in [-0.15, -0.1) is 11.8 Å². The Bertz CT molecular complexity index is 1120. The van der Waals surface area contributed by atoms with Crippen molar-refractivity contribution < 1.29 is 9.47 Å². The minimum absolute atomic E-state index is 0.527. The SMILES string of the molecule is COCCOc1cc(C)cc(C)c1-c1cccc2c(N(CC3CC3)CC3CC3)c(SC)nn12. The Morgan fingerprint density at radius 2 is 1.79 bits per heavy atom. The number of thioether (sulfide) groups is 1. The molecule has 5 rings (SSSR count). The lowest BCUT2D eigenvalue weighted by Gasteiger charge is -2.25. The van der Waals surface area contributed by atoms with Crippen LogP contribution >= 0.6 is 11.8 Å². The summed E-state index contributed by atoms with van der Waals surface area (Å²) in [4.78, 5) is 2.64. The Balaban J connectivity index is 1.62. The van der Waals surface area contributed by atoms with Crippen molar-refractivity contribution >= 4 is 23.0 Å². The van der Waals surface area contributed by atoms with E-state index in [0.717, 1.165) is 47.0 Å². The van der Waals surface area contributed by atoms with Gasteiger partial charge in [0, 0.05) is 25.8 Å². The summed E-state index contributed by atoms with van der Waals surface area (Å²) in [6.45, 7) is 7.69. The quantitative estimate of drug-likeness (QED) is 0.257. The molecule has 1 aromatic carbocycles. The average Bonchev–Trinajstić information content (AvgIpc) is 3.72. The lowest BCUT2D eigenvalue weighted by Crippen LogP contribution is -2.28. The molecule has 176 valence electrons. The van der Waals surface area contributed by atoms with Crippen LogP contribution in [-0.4, -0.2) is 49.3 Å². The molecule has 0 spiro atoms. The number of pyridine rings is 1. The third kappa shape index (κ3) is 4.87. The van der Waals surface area contributed by atoms with E-state index in [9.17, 15) is 0 Å². The Kier molecular flexibility index (Phi) is 6.57. The molecule has 3 aromatic rings. The van der Waals surface area contributed by atoms with E-state index in [0.29, 0.717) is 13.2 Å². The van der Waals surface area contributed by atoms with Crippen LogP contribution in [-0.2, 0) is 4.74 Å². The number of methoxy groups -OCH3 is 1. The molecule has 0 unspecified atom stereocenters. The smallest absolute Gasteiger partial charge is 0.142 e. The topological polar surface area (TPSA) is 39.0 Å². The fraction of sp³-hybridized carbons (Fsp3) is 0.519. The molecule has 2 saturated carbocycles. The van der Waals surface area contributed by atoms with Gasteiger partial charge in [-0.3, -0.25) is 0 Å².